The average Bonchev–Trinajstić information content (AvgIpc) is 3.55. The normalized spacial score (nSPS) is 16.6. The fourth-order valence-electron chi connectivity index (χ4n) is 10.1. The molecule has 0 unspecified atom stereocenters. The lowest BCUT2D eigenvalue weighted by atomic mass is 9.76. The summed E-state index contributed by atoms with van der Waals surface area (Å²) in [5.41, 5.74) is 26.2. The molecule has 0 fully saturated rings. The summed E-state index contributed by atoms with van der Waals surface area (Å²) in [6.45, 7) is 26.2. The van der Waals surface area contributed by atoms with Crippen LogP contribution in [0.25, 0.3) is 55.6 Å². The van der Waals surface area contributed by atoms with E-state index in [1.165, 1.54) is 106 Å². The molecule has 3 aliphatic rings. The van der Waals surface area contributed by atoms with Gasteiger partial charge in [-0.3, -0.25) is 0 Å². The van der Waals surface area contributed by atoms with Crippen molar-refractivity contribution in [3.8, 4) is 55.6 Å². The van der Waals surface area contributed by atoms with Crippen LogP contribution in [0, 0.1) is 13.8 Å². The predicted molar refractivity (Wildman–Crippen MR) is 218 cm³/mol. The summed E-state index contributed by atoms with van der Waals surface area (Å²) in [7, 11) is 0. The molecule has 0 heterocycles. The van der Waals surface area contributed by atoms with Crippen molar-refractivity contribution in [3.05, 3.63) is 153 Å². The lowest BCUT2D eigenvalue weighted by molar-refractivity contribution is 0.589. The van der Waals surface area contributed by atoms with Gasteiger partial charge in [0, 0.05) is 16.2 Å². The van der Waals surface area contributed by atoms with E-state index in [9.17, 15) is 0 Å². The Bertz CT molecular complexity index is 2490. The van der Waals surface area contributed by atoms with Gasteiger partial charge in [0.05, 0.1) is 0 Å². The zero-order chi connectivity index (χ0) is 36.0. The van der Waals surface area contributed by atoms with Gasteiger partial charge in [-0.2, -0.15) is 0 Å². The van der Waals surface area contributed by atoms with Gasteiger partial charge in [-0.1, -0.05) is 135 Å². The second-order valence-corrected chi connectivity index (χ2v) is 18.3. The molecule has 0 radical (unpaired) electrons. The van der Waals surface area contributed by atoms with E-state index in [1.54, 1.807) is 0 Å². The summed E-state index contributed by atoms with van der Waals surface area (Å²) in [5.74, 6) is 0. The standard InChI is InChI=1S/C51H50/c1-29-22-38-33-16-12-14-18-40(33)49(6,7)43(38)27-36(29)31-20-21-35-42(24-31)51(10,11)46-26-32(25-45(47(35)46)48(3,4)5)37-28-44-39(23-30(37)2)34-17-13-15-19-41(34)50(44,8)9/h12-28H,1-11H3. The number of aryl methyl sites for hydroxylation is 2. The Morgan fingerprint density at radius 3 is 1.35 bits per heavy atom. The summed E-state index contributed by atoms with van der Waals surface area (Å²) in [6.07, 6.45) is 0. The maximum Gasteiger partial charge on any atom is 0.0159 e. The van der Waals surface area contributed by atoms with Crippen LogP contribution in [0.15, 0.2) is 103 Å². The maximum absolute atomic E-state index is 2.54. The highest BCUT2D eigenvalue weighted by atomic mass is 14.4. The third-order valence-corrected chi connectivity index (χ3v) is 13.1. The molecule has 0 aliphatic heterocycles. The molecule has 0 aromatic heterocycles. The molecule has 0 atom stereocenters. The largest absolute Gasteiger partial charge is 0.0619 e. The van der Waals surface area contributed by atoms with E-state index in [0.29, 0.717) is 0 Å². The van der Waals surface area contributed by atoms with E-state index >= 15 is 0 Å². The molecular formula is C51H50. The second-order valence-electron chi connectivity index (χ2n) is 18.3. The number of hydrogen-bond donors (Lipinski definition) is 0. The summed E-state index contributed by atoms with van der Waals surface area (Å²) in [5, 5.41) is 0. The monoisotopic (exact) mass is 662 g/mol. The van der Waals surface area contributed by atoms with Crippen LogP contribution in [-0.2, 0) is 21.7 Å². The number of rotatable bonds is 2. The third kappa shape index (κ3) is 4.32. The van der Waals surface area contributed by atoms with E-state index < -0.39 is 0 Å². The summed E-state index contributed by atoms with van der Waals surface area (Å²) in [4.78, 5) is 0. The predicted octanol–water partition coefficient (Wildman–Crippen LogP) is 13.9. The van der Waals surface area contributed by atoms with Gasteiger partial charge in [0.15, 0.2) is 0 Å². The van der Waals surface area contributed by atoms with E-state index in [2.05, 4.69) is 179 Å². The van der Waals surface area contributed by atoms with Crippen molar-refractivity contribution in [3.63, 3.8) is 0 Å². The van der Waals surface area contributed by atoms with Gasteiger partial charge in [-0.05, 0) is 155 Å². The minimum Gasteiger partial charge on any atom is -0.0619 e. The van der Waals surface area contributed by atoms with Crippen LogP contribution in [0.1, 0.15) is 112 Å². The molecule has 0 bridgehead atoms. The summed E-state index contributed by atoms with van der Waals surface area (Å²) >= 11 is 0. The molecule has 0 heteroatoms. The van der Waals surface area contributed by atoms with Gasteiger partial charge in [0.25, 0.3) is 0 Å². The van der Waals surface area contributed by atoms with Gasteiger partial charge < -0.3 is 0 Å². The Hall–Kier alpha value is -4.68. The highest BCUT2D eigenvalue weighted by molar-refractivity contribution is 5.92. The molecule has 0 spiro atoms. The Balaban J connectivity index is 1.20. The Morgan fingerprint density at radius 1 is 0.373 bits per heavy atom. The van der Waals surface area contributed by atoms with Crippen molar-refractivity contribution in [1.82, 2.24) is 0 Å². The maximum atomic E-state index is 2.54. The first-order chi connectivity index (χ1) is 24.0. The van der Waals surface area contributed by atoms with Crippen molar-refractivity contribution in [1.29, 1.82) is 0 Å². The summed E-state index contributed by atoms with van der Waals surface area (Å²) in [6, 6.07) is 40.2. The zero-order valence-electron chi connectivity index (χ0n) is 32.3. The number of hydrogen-bond acceptors (Lipinski definition) is 0. The second kappa shape index (κ2) is 10.2. The zero-order valence-corrected chi connectivity index (χ0v) is 32.3. The van der Waals surface area contributed by atoms with E-state index in [-0.39, 0.29) is 21.7 Å². The SMILES string of the molecule is Cc1cc2c(cc1-c1ccc3c(c1)C(C)(C)c1cc(-c4cc5c(cc4C)-c4ccccc4C5(C)C)cc(C(C)(C)C)c1-3)C(C)(C)c1ccccc1-2. The molecule has 0 saturated carbocycles. The topological polar surface area (TPSA) is 0 Å². The van der Waals surface area contributed by atoms with Crippen LogP contribution in [0.4, 0.5) is 0 Å². The molecule has 6 aromatic carbocycles. The van der Waals surface area contributed by atoms with E-state index in [4.69, 9.17) is 0 Å². The van der Waals surface area contributed by atoms with Gasteiger partial charge in [-0.25, -0.2) is 0 Å². The van der Waals surface area contributed by atoms with Crippen LogP contribution in [0.5, 0.6) is 0 Å². The minimum absolute atomic E-state index is 0.0201. The van der Waals surface area contributed by atoms with Gasteiger partial charge in [0.1, 0.15) is 0 Å². The molecule has 51 heavy (non-hydrogen) atoms. The highest BCUT2D eigenvalue weighted by Crippen LogP contribution is 2.56. The molecule has 254 valence electrons. The smallest absolute Gasteiger partial charge is 0.0159 e. The van der Waals surface area contributed by atoms with Crippen LogP contribution in [0.2, 0.25) is 0 Å². The highest BCUT2D eigenvalue weighted by Gasteiger charge is 2.41. The Kier molecular flexibility index (Phi) is 6.46. The third-order valence-electron chi connectivity index (χ3n) is 13.1. The number of benzene rings is 6. The lowest BCUT2D eigenvalue weighted by Gasteiger charge is -2.28. The molecule has 3 aliphatic carbocycles. The Morgan fingerprint density at radius 2 is 0.824 bits per heavy atom. The molecular weight excluding hydrogens is 613 g/mol. The molecule has 0 N–H and O–H groups in total. The molecule has 0 nitrogen and oxygen atoms in total. The van der Waals surface area contributed by atoms with Crippen LogP contribution >= 0.6 is 0 Å². The van der Waals surface area contributed by atoms with Gasteiger partial charge in [0.2, 0.25) is 0 Å². The minimum atomic E-state index is -0.142. The van der Waals surface area contributed by atoms with Gasteiger partial charge in [-0.15, -0.1) is 0 Å². The molecule has 0 amide bonds. The van der Waals surface area contributed by atoms with Crippen molar-refractivity contribution in [2.24, 2.45) is 0 Å². The lowest BCUT2D eigenvalue weighted by Crippen LogP contribution is -2.18. The first-order valence-electron chi connectivity index (χ1n) is 18.9. The van der Waals surface area contributed by atoms with E-state index in [1.807, 2.05) is 0 Å². The van der Waals surface area contributed by atoms with Crippen molar-refractivity contribution in [2.45, 2.75) is 97.8 Å². The van der Waals surface area contributed by atoms with Crippen LogP contribution in [0.3, 0.4) is 0 Å². The van der Waals surface area contributed by atoms with Crippen LogP contribution < -0.4 is 0 Å². The van der Waals surface area contributed by atoms with E-state index in [0.717, 1.165) is 0 Å². The fourth-order valence-corrected chi connectivity index (χ4v) is 10.1. The fraction of sp³-hybridized carbons (Fsp3) is 0.294. The quantitative estimate of drug-likeness (QED) is 0.173. The molecule has 0 saturated heterocycles. The first-order valence-corrected chi connectivity index (χ1v) is 18.9. The summed E-state index contributed by atoms with van der Waals surface area (Å²) < 4.78 is 0. The average molecular weight is 663 g/mol. The molecule has 9 rings (SSSR count). The van der Waals surface area contributed by atoms with Crippen LogP contribution in [-0.4, -0.2) is 0 Å². The van der Waals surface area contributed by atoms with Crippen molar-refractivity contribution < 1.29 is 0 Å². The Labute approximate surface area is 305 Å². The van der Waals surface area contributed by atoms with Crippen molar-refractivity contribution in [2.75, 3.05) is 0 Å². The number of fused-ring (bicyclic) bond motifs is 9. The first kappa shape index (κ1) is 32.2. The molecule has 6 aromatic rings. The van der Waals surface area contributed by atoms with Crippen molar-refractivity contribution >= 4 is 0 Å². The van der Waals surface area contributed by atoms with Gasteiger partial charge >= 0.3 is 0 Å².